The summed E-state index contributed by atoms with van der Waals surface area (Å²) in [6.07, 6.45) is 1.15. The minimum absolute atomic E-state index is 0.846. The first-order valence-electron chi connectivity index (χ1n) is 6.41. The Morgan fingerprint density at radius 3 is 3.06 bits per heavy atom. The highest BCUT2D eigenvalue weighted by Crippen LogP contribution is 2.23. The van der Waals surface area contributed by atoms with E-state index in [4.69, 9.17) is 4.42 Å². The van der Waals surface area contributed by atoms with Crippen molar-refractivity contribution in [1.29, 1.82) is 0 Å². The topological polar surface area (TPSA) is 57.1 Å². The van der Waals surface area contributed by atoms with Gasteiger partial charge in [0.2, 0.25) is 0 Å². The third-order valence-electron chi connectivity index (χ3n) is 3.23. The fourth-order valence-electron chi connectivity index (χ4n) is 2.25. The summed E-state index contributed by atoms with van der Waals surface area (Å²) in [5.41, 5.74) is 0.940. The van der Waals surface area contributed by atoms with E-state index in [0.29, 0.717) is 0 Å². The molecule has 18 heavy (non-hydrogen) atoms. The molecule has 3 heterocycles. The van der Waals surface area contributed by atoms with Gasteiger partial charge < -0.3 is 14.6 Å². The normalized spacial score (nSPS) is 16.8. The maximum Gasteiger partial charge on any atom is 0.152 e. The molecule has 0 radical (unpaired) electrons. The maximum absolute atomic E-state index is 5.59. The van der Waals surface area contributed by atoms with Gasteiger partial charge in [0.15, 0.2) is 11.6 Å². The Morgan fingerprint density at radius 1 is 1.28 bits per heavy atom. The second-order valence-corrected chi connectivity index (χ2v) is 4.64. The van der Waals surface area contributed by atoms with Crippen molar-refractivity contribution in [1.82, 2.24) is 15.5 Å². The van der Waals surface area contributed by atoms with Gasteiger partial charge in [-0.05, 0) is 32.0 Å². The number of nitrogens with zero attached hydrogens (tertiary/aromatic N) is 2. The molecule has 2 N–H and O–H groups in total. The summed E-state index contributed by atoms with van der Waals surface area (Å²) in [6.45, 7) is 6.10. The number of anilines is 1. The molecular weight excluding hydrogens is 228 g/mol. The van der Waals surface area contributed by atoms with Gasteiger partial charge in [-0.3, -0.25) is 5.10 Å². The molecule has 0 spiro atoms. The zero-order chi connectivity index (χ0) is 12.4. The number of hydrogen-bond donors (Lipinski definition) is 2. The Morgan fingerprint density at radius 2 is 2.22 bits per heavy atom. The average Bonchev–Trinajstić information content (AvgIpc) is 2.92. The van der Waals surface area contributed by atoms with E-state index in [1.165, 1.54) is 0 Å². The molecule has 5 heteroatoms. The lowest BCUT2D eigenvalue weighted by Gasteiger charge is -2.18. The Kier molecular flexibility index (Phi) is 3.06. The number of aromatic amines is 1. The van der Waals surface area contributed by atoms with Crippen molar-refractivity contribution < 1.29 is 4.42 Å². The summed E-state index contributed by atoms with van der Waals surface area (Å²) in [5, 5.41) is 10.8. The molecule has 2 aromatic rings. The van der Waals surface area contributed by atoms with Crippen LogP contribution in [-0.4, -0.2) is 36.4 Å². The predicted octanol–water partition coefficient (Wildman–Crippen LogP) is 1.78. The molecular formula is C13H18N4O. The van der Waals surface area contributed by atoms with Crippen molar-refractivity contribution in [3.8, 4) is 11.5 Å². The zero-order valence-corrected chi connectivity index (χ0v) is 10.6. The third-order valence-corrected chi connectivity index (χ3v) is 3.23. The largest absolute Gasteiger partial charge is 0.460 e. The Bertz CT molecular complexity index is 509. The molecule has 0 bridgehead atoms. The molecule has 5 nitrogen and oxygen atoms in total. The minimum Gasteiger partial charge on any atom is -0.460 e. The van der Waals surface area contributed by atoms with Crippen LogP contribution in [0.4, 0.5) is 5.82 Å². The van der Waals surface area contributed by atoms with Crippen LogP contribution in [0.5, 0.6) is 0 Å². The van der Waals surface area contributed by atoms with Gasteiger partial charge in [0.05, 0.1) is 0 Å². The van der Waals surface area contributed by atoms with Crippen molar-refractivity contribution in [2.75, 3.05) is 31.1 Å². The van der Waals surface area contributed by atoms with Gasteiger partial charge >= 0.3 is 0 Å². The second kappa shape index (κ2) is 4.86. The highest BCUT2D eigenvalue weighted by Gasteiger charge is 2.14. The summed E-state index contributed by atoms with van der Waals surface area (Å²) in [4.78, 5) is 2.30. The summed E-state index contributed by atoms with van der Waals surface area (Å²) in [5.74, 6) is 2.77. The number of nitrogens with one attached hydrogen (secondary N) is 2. The third kappa shape index (κ3) is 2.26. The van der Waals surface area contributed by atoms with Crippen LogP contribution in [0.2, 0.25) is 0 Å². The number of aromatic nitrogens is 2. The monoisotopic (exact) mass is 246 g/mol. The van der Waals surface area contributed by atoms with Crippen LogP contribution in [-0.2, 0) is 0 Å². The summed E-state index contributed by atoms with van der Waals surface area (Å²) < 4.78 is 5.59. The van der Waals surface area contributed by atoms with Crippen LogP contribution in [0, 0.1) is 6.92 Å². The summed E-state index contributed by atoms with van der Waals surface area (Å²) >= 11 is 0. The minimum atomic E-state index is 0.846. The predicted molar refractivity (Wildman–Crippen MR) is 70.7 cm³/mol. The number of hydrogen-bond acceptors (Lipinski definition) is 4. The first-order valence-corrected chi connectivity index (χ1v) is 6.41. The maximum atomic E-state index is 5.59. The van der Waals surface area contributed by atoms with Gasteiger partial charge in [0, 0.05) is 25.7 Å². The summed E-state index contributed by atoms with van der Waals surface area (Å²) in [7, 11) is 0. The first-order chi connectivity index (χ1) is 8.83. The highest BCUT2D eigenvalue weighted by molar-refractivity contribution is 5.58. The fraction of sp³-hybridized carbons (Fsp3) is 0.462. The van der Waals surface area contributed by atoms with Gasteiger partial charge in [0.1, 0.15) is 11.5 Å². The molecule has 2 aromatic heterocycles. The van der Waals surface area contributed by atoms with E-state index >= 15 is 0 Å². The smallest absolute Gasteiger partial charge is 0.152 e. The van der Waals surface area contributed by atoms with E-state index in [9.17, 15) is 0 Å². The molecule has 0 unspecified atom stereocenters. The molecule has 1 aliphatic rings. The van der Waals surface area contributed by atoms with Crippen LogP contribution >= 0.6 is 0 Å². The number of furan rings is 1. The van der Waals surface area contributed by atoms with E-state index in [0.717, 1.165) is 55.6 Å². The quantitative estimate of drug-likeness (QED) is 0.848. The van der Waals surface area contributed by atoms with Crippen LogP contribution in [0.25, 0.3) is 11.5 Å². The van der Waals surface area contributed by atoms with Gasteiger partial charge in [-0.2, -0.15) is 5.10 Å². The van der Waals surface area contributed by atoms with Crippen LogP contribution in [0.15, 0.2) is 22.6 Å². The van der Waals surface area contributed by atoms with E-state index in [1.54, 1.807) is 0 Å². The molecule has 0 aromatic carbocycles. The van der Waals surface area contributed by atoms with Gasteiger partial charge in [-0.25, -0.2) is 0 Å². The summed E-state index contributed by atoms with van der Waals surface area (Å²) in [6, 6.07) is 5.99. The van der Waals surface area contributed by atoms with Crippen LogP contribution in [0.1, 0.15) is 12.2 Å². The lowest BCUT2D eigenvalue weighted by atomic mass is 10.3. The Balaban J connectivity index is 1.80. The molecule has 96 valence electrons. The molecule has 1 saturated heterocycles. The first kappa shape index (κ1) is 11.3. The molecule has 1 aliphatic heterocycles. The van der Waals surface area contributed by atoms with Crippen molar-refractivity contribution in [3.63, 3.8) is 0 Å². The Labute approximate surface area is 106 Å². The van der Waals surface area contributed by atoms with Gasteiger partial charge in [-0.15, -0.1) is 0 Å². The van der Waals surface area contributed by atoms with E-state index in [1.807, 2.05) is 19.1 Å². The SMILES string of the molecule is Cc1ccc(-c2cc(N3CCCNCC3)n[nH]2)o1. The van der Waals surface area contributed by atoms with Crippen molar-refractivity contribution in [3.05, 3.63) is 24.0 Å². The van der Waals surface area contributed by atoms with E-state index < -0.39 is 0 Å². The molecule has 0 atom stereocenters. The van der Waals surface area contributed by atoms with Crippen LogP contribution < -0.4 is 10.2 Å². The van der Waals surface area contributed by atoms with Gasteiger partial charge in [-0.1, -0.05) is 0 Å². The standard InChI is InChI=1S/C13H18N4O/c1-10-3-4-12(18-10)11-9-13(16-15-11)17-7-2-5-14-6-8-17/h3-4,9,14H,2,5-8H2,1H3,(H,15,16). The molecule has 0 aliphatic carbocycles. The van der Waals surface area contributed by atoms with Crippen LogP contribution in [0.3, 0.4) is 0 Å². The van der Waals surface area contributed by atoms with Crippen molar-refractivity contribution >= 4 is 5.82 Å². The van der Waals surface area contributed by atoms with E-state index in [2.05, 4.69) is 26.5 Å². The lowest BCUT2D eigenvalue weighted by molar-refractivity contribution is 0.546. The average molecular weight is 246 g/mol. The van der Waals surface area contributed by atoms with E-state index in [-0.39, 0.29) is 0 Å². The highest BCUT2D eigenvalue weighted by atomic mass is 16.3. The zero-order valence-electron chi connectivity index (χ0n) is 10.6. The number of aryl methyl sites for hydroxylation is 1. The van der Waals surface area contributed by atoms with Crippen molar-refractivity contribution in [2.24, 2.45) is 0 Å². The lowest BCUT2D eigenvalue weighted by Crippen LogP contribution is -2.28. The number of H-pyrrole nitrogens is 1. The molecule has 1 fully saturated rings. The molecule has 0 saturated carbocycles. The second-order valence-electron chi connectivity index (χ2n) is 4.64. The van der Waals surface area contributed by atoms with Crippen molar-refractivity contribution in [2.45, 2.75) is 13.3 Å². The number of rotatable bonds is 2. The Hall–Kier alpha value is -1.75. The fourth-order valence-corrected chi connectivity index (χ4v) is 2.25. The molecule has 0 amide bonds. The van der Waals surface area contributed by atoms with Gasteiger partial charge in [0.25, 0.3) is 0 Å². The molecule has 3 rings (SSSR count).